The lowest BCUT2D eigenvalue weighted by molar-refractivity contribution is -0.116. The van der Waals surface area contributed by atoms with E-state index < -0.39 is 0 Å². The molecule has 2 saturated heterocycles. The Morgan fingerprint density at radius 1 is 0.620 bits per heavy atom. The molecule has 6 rings (SSSR count). The molecule has 2 N–H and O–H groups in total. The number of benzene rings is 2. The molecule has 0 unspecified atom stereocenters. The summed E-state index contributed by atoms with van der Waals surface area (Å²) in [6, 6.07) is 11.0. The summed E-state index contributed by atoms with van der Waals surface area (Å²) < 4.78 is 11.7. The van der Waals surface area contributed by atoms with Crippen LogP contribution < -0.4 is 20.1 Å². The third kappa shape index (κ3) is 11.6. The van der Waals surface area contributed by atoms with Crippen LogP contribution in [0.25, 0.3) is 12.2 Å². The van der Waals surface area contributed by atoms with Gasteiger partial charge >= 0.3 is 0 Å². The first-order valence-corrected chi connectivity index (χ1v) is 20.0. The average molecular weight is 760 g/mol. The van der Waals surface area contributed by atoms with Crippen molar-refractivity contribution in [2.45, 2.75) is 89.9 Å². The predicted molar refractivity (Wildman–Crippen MR) is 204 cm³/mol. The van der Waals surface area contributed by atoms with Crippen molar-refractivity contribution in [1.82, 2.24) is 10.6 Å². The Bertz CT molecular complexity index is 1480. The summed E-state index contributed by atoms with van der Waals surface area (Å²) in [7, 11) is 0. The molecule has 268 valence electrons. The van der Waals surface area contributed by atoms with E-state index in [2.05, 4.69) is 10.6 Å². The molecule has 8 nitrogen and oxygen atoms in total. The van der Waals surface area contributed by atoms with Crippen molar-refractivity contribution >= 4 is 81.2 Å². The lowest BCUT2D eigenvalue weighted by atomic mass is 9.86. The molecular weight excluding hydrogens is 715 g/mol. The molecule has 2 aliphatic heterocycles. The Hall–Kier alpha value is -2.92. The number of carbonyl (C=O) groups is 4. The van der Waals surface area contributed by atoms with E-state index in [0.29, 0.717) is 55.7 Å². The monoisotopic (exact) mass is 758 g/mol. The number of rotatable bonds is 12. The van der Waals surface area contributed by atoms with Crippen molar-refractivity contribution in [1.29, 1.82) is 0 Å². The van der Waals surface area contributed by atoms with Gasteiger partial charge < -0.3 is 9.47 Å². The topological polar surface area (TPSA) is 111 Å². The van der Waals surface area contributed by atoms with Crippen LogP contribution in [0.2, 0.25) is 10.0 Å². The molecule has 12 heteroatoms. The summed E-state index contributed by atoms with van der Waals surface area (Å²) in [6.07, 6.45) is 21.3. The number of ether oxygens (including phenoxy) is 2. The first kappa shape index (κ1) is 38.3. The van der Waals surface area contributed by atoms with E-state index in [9.17, 15) is 19.2 Å². The van der Waals surface area contributed by atoms with E-state index in [1.165, 1.54) is 77.0 Å². The molecule has 0 bridgehead atoms. The van der Waals surface area contributed by atoms with Gasteiger partial charge in [0.1, 0.15) is 11.5 Å². The predicted octanol–water partition coefficient (Wildman–Crippen LogP) is 10.8. The smallest absolute Gasteiger partial charge is 0.290 e. The highest BCUT2D eigenvalue weighted by molar-refractivity contribution is 8.18. The molecule has 2 saturated carbocycles. The van der Waals surface area contributed by atoms with Crippen molar-refractivity contribution in [2.75, 3.05) is 13.2 Å². The minimum Gasteiger partial charge on any atom is -0.492 e. The van der Waals surface area contributed by atoms with Gasteiger partial charge in [-0.2, -0.15) is 0 Å². The Morgan fingerprint density at radius 2 is 1.02 bits per heavy atom. The second-order valence-corrected chi connectivity index (χ2v) is 15.8. The Morgan fingerprint density at radius 3 is 1.38 bits per heavy atom. The molecule has 0 radical (unpaired) electrons. The first-order chi connectivity index (χ1) is 24.3. The van der Waals surface area contributed by atoms with Crippen LogP contribution in [0.5, 0.6) is 11.5 Å². The van der Waals surface area contributed by atoms with Gasteiger partial charge in [0.15, 0.2) is 0 Å². The fourth-order valence-electron chi connectivity index (χ4n) is 6.69. The van der Waals surface area contributed by atoms with Gasteiger partial charge in [0.05, 0.1) is 33.1 Å². The van der Waals surface area contributed by atoms with Crippen LogP contribution >= 0.6 is 46.7 Å². The van der Waals surface area contributed by atoms with Crippen LogP contribution in [0.3, 0.4) is 0 Å². The maximum absolute atomic E-state index is 11.7. The van der Waals surface area contributed by atoms with E-state index in [4.69, 9.17) is 32.7 Å². The van der Waals surface area contributed by atoms with Gasteiger partial charge in [0.25, 0.3) is 22.3 Å². The molecular formula is C38H44Cl2N2O6S2. The van der Waals surface area contributed by atoms with Crippen LogP contribution in [0.1, 0.15) is 101 Å². The molecule has 4 aliphatic rings. The minimum atomic E-state index is -0.384. The third-order valence-electron chi connectivity index (χ3n) is 9.32. The maximum atomic E-state index is 11.7. The lowest BCUT2D eigenvalue weighted by Crippen LogP contribution is -2.17. The number of hydrogen-bond donors (Lipinski definition) is 2. The minimum absolute atomic E-state index is 0.348. The highest BCUT2D eigenvalue weighted by Gasteiger charge is 2.26. The van der Waals surface area contributed by atoms with Gasteiger partial charge in [-0.25, -0.2) is 0 Å². The Kier molecular flexibility index (Phi) is 15.0. The Balaban J connectivity index is 0.000000194. The standard InChI is InChI=1S/2C19H22ClNO3S/c2*20-17-14(12-16-18(22)21-19(23)25-16)9-4-10-15(17)24-11-5-8-13-6-2-1-3-7-13/h2*4,9-10,12-13H,1-3,5-8,11H2,(H,21,22,23). The number of nitrogens with one attached hydrogen (secondary N) is 2. The molecule has 2 heterocycles. The average Bonchev–Trinajstić information content (AvgIpc) is 3.61. The molecule has 2 aromatic carbocycles. The van der Waals surface area contributed by atoms with Gasteiger partial charge in [0.2, 0.25) is 0 Å². The van der Waals surface area contributed by atoms with Crippen molar-refractivity contribution in [3.63, 3.8) is 0 Å². The zero-order chi connectivity index (χ0) is 35.3. The van der Waals surface area contributed by atoms with Crippen molar-refractivity contribution in [3.8, 4) is 11.5 Å². The second-order valence-electron chi connectivity index (χ2n) is 13.0. The van der Waals surface area contributed by atoms with Gasteiger partial charge in [-0.05, 0) is 96.5 Å². The van der Waals surface area contributed by atoms with E-state index in [0.717, 1.165) is 48.2 Å². The van der Waals surface area contributed by atoms with Crippen molar-refractivity contribution in [3.05, 3.63) is 67.4 Å². The molecule has 4 amide bonds. The molecule has 0 atom stereocenters. The van der Waals surface area contributed by atoms with E-state index in [1.807, 2.05) is 24.3 Å². The summed E-state index contributed by atoms with van der Waals surface area (Å²) >= 11 is 14.6. The van der Waals surface area contributed by atoms with Gasteiger partial charge in [-0.1, -0.05) is 112 Å². The molecule has 0 spiro atoms. The SMILES string of the molecule is O=C1NC(=O)C(=Cc2cccc(OCCCC3CCCCC3)c2Cl)S1.O=C1NC(=O)C(=Cc2cccc(OCCCC3CCCCC3)c2Cl)S1. The summed E-state index contributed by atoms with van der Waals surface area (Å²) in [5, 5.41) is 4.70. The molecule has 0 aromatic heterocycles. The zero-order valence-corrected chi connectivity index (χ0v) is 31.3. The second kappa shape index (κ2) is 19.6. The summed E-state index contributed by atoms with van der Waals surface area (Å²) in [5.41, 5.74) is 1.36. The van der Waals surface area contributed by atoms with E-state index in [1.54, 1.807) is 24.3 Å². The highest BCUT2D eigenvalue weighted by atomic mass is 35.5. The van der Waals surface area contributed by atoms with E-state index >= 15 is 0 Å². The van der Waals surface area contributed by atoms with Gasteiger partial charge in [-0.3, -0.25) is 29.8 Å². The fraction of sp³-hybridized carbons (Fsp3) is 0.474. The number of hydrogen-bond acceptors (Lipinski definition) is 8. The lowest BCUT2D eigenvalue weighted by Gasteiger charge is -2.21. The van der Waals surface area contributed by atoms with Crippen LogP contribution in [0.15, 0.2) is 46.2 Å². The normalized spacial score (nSPS) is 20.1. The largest absolute Gasteiger partial charge is 0.492 e. The zero-order valence-electron chi connectivity index (χ0n) is 28.1. The quantitative estimate of drug-likeness (QED) is 0.163. The summed E-state index contributed by atoms with van der Waals surface area (Å²) in [5.74, 6) is 2.16. The van der Waals surface area contributed by atoms with Gasteiger partial charge in [-0.15, -0.1) is 0 Å². The number of halogens is 2. The highest BCUT2D eigenvalue weighted by Crippen LogP contribution is 2.35. The fourth-order valence-corrected chi connectivity index (χ4v) is 8.50. The van der Waals surface area contributed by atoms with Crippen LogP contribution in [0.4, 0.5) is 9.59 Å². The molecule has 4 fully saturated rings. The van der Waals surface area contributed by atoms with Crippen LogP contribution in [-0.2, 0) is 9.59 Å². The molecule has 50 heavy (non-hydrogen) atoms. The number of thioether (sulfide) groups is 2. The number of amides is 4. The summed E-state index contributed by atoms with van der Waals surface area (Å²) in [4.78, 5) is 46.5. The van der Waals surface area contributed by atoms with Gasteiger partial charge in [0, 0.05) is 0 Å². The molecule has 2 aliphatic carbocycles. The number of imide groups is 2. The van der Waals surface area contributed by atoms with Crippen molar-refractivity contribution in [2.24, 2.45) is 11.8 Å². The third-order valence-corrected chi connectivity index (χ3v) is 11.8. The van der Waals surface area contributed by atoms with E-state index in [-0.39, 0.29) is 22.3 Å². The first-order valence-electron chi connectivity index (χ1n) is 17.6. The van der Waals surface area contributed by atoms with Crippen LogP contribution in [0, 0.1) is 11.8 Å². The maximum Gasteiger partial charge on any atom is 0.290 e. The van der Waals surface area contributed by atoms with Crippen LogP contribution in [-0.4, -0.2) is 35.5 Å². The van der Waals surface area contributed by atoms with Crippen molar-refractivity contribution < 1.29 is 28.7 Å². The summed E-state index contributed by atoms with van der Waals surface area (Å²) in [6.45, 7) is 1.29. The Labute approximate surface area is 312 Å². The number of carbonyl (C=O) groups excluding carboxylic acids is 4. The molecule has 2 aromatic rings.